The highest BCUT2D eigenvalue weighted by atomic mass is 32.2. The Morgan fingerprint density at radius 1 is 1.41 bits per heavy atom. The monoisotopic (exact) mass is 319 g/mol. The lowest BCUT2D eigenvalue weighted by molar-refractivity contribution is 0.0486. The van der Waals surface area contributed by atoms with Crippen LogP contribution in [-0.2, 0) is 6.54 Å². The average Bonchev–Trinajstić information content (AvgIpc) is 3.22. The molecule has 0 spiro atoms. The molecule has 0 saturated carbocycles. The Bertz CT molecular complexity index is 613. The van der Waals surface area contributed by atoms with Crippen LogP contribution in [0.1, 0.15) is 25.5 Å². The molecule has 4 rings (SSSR count). The quantitative estimate of drug-likeness (QED) is 0.932. The van der Waals surface area contributed by atoms with Gasteiger partial charge in [-0.05, 0) is 50.2 Å². The van der Waals surface area contributed by atoms with Crippen LogP contribution in [0.15, 0.2) is 33.1 Å². The maximum atomic E-state index is 5.94. The Morgan fingerprint density at radius 3 is 3.23 bits per heavy atom. The molecule has 22 heavy (non-hydrogen) atoms. The van der Waals surface area contributed by atoms with Crippen molar-refractivity contribution in [2.45, 2.75) is 48.6 Å². The zero-order chi connectivity index (χ0) is 14.9. The summed E-state index contributed by atoms with van der Waals surface area (Å²) in [5.74, 6) is 1.03. The SMILES string of the molecule is C[C@@H]1CN2CCCC2CN1Cc1ccc(Sc2ncn[nH]2)o1. The third-order valence-corrected chi connectivity index (χ3v) is 5.46. The van der Waals surface area contributed by atoms with Crippen molar-refractivity contribution in [3.8, 4) is 0 Å². The van der Waals surface area contributed by atoms with E-state index in [1.807, 2.05) is 6.07 Å². The van der Waals surface area contributed by atoms with Crippen molar-refractivity contribution >= 4 is 11.8 Å². The first-order valence-electron chi connectivity index (χ1n) is 7.88. The number of hydrogen-bond donors (Lipinski definition) is 1. The lowest BCUT2D eigenvalue weighted by Gasteiger charge is -2.41. The minimum absolute atomic E-state index is 0.588. The summed E-state index contributed by atoms with van der Waals surface area (Å²) in [5.41, 5.74) is 0. The number of nitrogens with zero attached hydrogens (tertiary/aromatic N) is 4. The van der Waals surface area contributed by atoms with E-state index in [4.69, 9.17) is 4.42 Å². The molecule has 0 aliphatic carbocycles. The largest absolute Gasteiger partial charge is 0.453 e. The van der Waals surface area contributed by atoms with Crippen LogP contribution in [0.5, 0.6) is 0 Å². The Labute approximate surface area is 134 Å². The maximum Gasteiger partial charge on any atom is 0.191 e. The van der Waals surface area contributed by atoms with Crippen molar-refractivity contribution in [3.63, 3.8) is 0 Å². The molecule has 2 aliphatic rings. The molecule has 2 atom stereocenters. The predicted octanol–water partition coefficient (Wildman–Crippen LogP) is 2.22. The van der Waals surface area contributed by atoms with E-state index >= 15 is 0 Å². The second-order valence-electron chi connectivity index (χ2n) is 6.18. The maximum absolute atomic E-state index is 5.94. The van der Waals surface area contributed by atoms with Gasteiger partial charge in [0.05, 0.1) is 6.54 Å². The Morgan fingerprint density at radius 2 is 2.36 bits per heavy atom. The second kappa shape index (κ2) is 6.06. The van der Waals surface area contributed by atoms with Crippen molar-refractivity contribution in [1.82, 2.24) is 25.0 Å². The van der Waals surface area contributed by atoms with Crippen LogP contribution in [0.3, 0.4) is 0 Å². The van der Waals surface area contributed by atoms with E-state index in [0.29, 0.717) is 6.04 Å². The summed E-state index contributed by atoms with van der Waals surface area (Å²) in [6.07, 6.45) is 4.20. The van der Waals surface area contributed by atoms with Crippen molar-refractivity contribution in [2.24, 2.45) is 0 Å². The molecule has 6 nitrogen and oxygen atoms in total. The summed E-state index contributed by atoms with van der Waals surface area (Å²) in [7, 11) is 0. The highest BCUT2D eigenvalue weighted by Crippen LogP contribution is 2.29. The molecule has 7 heteroatoms. The van der Waals surface area contributed by atoms with Gasteiger partial charge in [0, 0.05) is 25.2 Å². The van der Waals surface area contributed by atoms with E-state index in [9.17, 15) is 0 Å². The van der Waals surface area contributed by atoms with Crippen molar-refractivity contribution in [1.29, 1.82) is 0 Å². The van der Waals surface area contributed by atoms with Crippen LogP contribution in [0.25, 0.3) is 0 Å². The minimum atomic E-state index is 0.588. The minimum Gasteiger partial charge on any atom is -0.453 e. The zero-order valence-electron chi connectivity index (χ0n) is 12.7. The second-order valence-corrected chi connectivity index (χ2v) is 7.18. The summed E-state index contributed by atoms with van der Waals surface area (Å²) >= 11 is 1.47. The first-order chi connectivity index (χ1) is 10.8. The van der Waals surface area contributed by atoms with E-state index < -0.39 is 0 Å². The molecule has 2 aliphatic heterocycles. The first-order valence-corrected chi connectivity index (χ1v) is 8.69. The number of H-pyrrole nitrogens is 1. The lowest BCUT2D eigenvalue weighted by atomic mass is 10.1. The summed E-state index contributed by atoms with van der Waals surface area (Å²) in [4.78, 5) is 9.30. The van der Waals surface area contributed by atoms with Crippen LogP contribution in [-0.4, -0.2) is 56.7 Å². The number of aromatic amines is 1. The first kappa shape index (κ1) is 14.3. The van der Waals surface area contributed by atoms with Gasteiger partial charge in [-0.25, -0.2) is 4.98 Å². The number of nitrogens with one attached hydrogen (secondary N) is 1. The van der Waals surface area contributed by atoms with Gasteiger partial charge in [0.25, 0.3) is 0 Å². The number of fused-ring (bicyclic) bond motifs is 1. The zero-order valence-corrected chi connectivity index (χ0v) is 13.6. The molecule has 0 bridgehead atoms. The summed E-state index contributed by atoms with van der Waals surface area (Å²) in [6, 6.07) is 5.42. The van der Waals surface area contributed by atoms with Crippen molar-refractivity contribution in [3.05, 3.63) is 24.2 Å². The molecule has 2 fully saturated rings. The number of furan rings is 1. The van der Waals surface area contributed by atoms with Crippen LogP contribution < -0.4 is 0 Å². The normalized spacial score (nSPS) is 26.4. The van der Waals surface area contributed by atoms with Gasteiger partial charge in [-0.3, -0.25) is 14.9 Å². The van der Waals surface area contributed by atoms with Crippen LogP contribution in [0, 0.1) is 0 Å². The molecule has 1 N–H and O–H groups in total. The molecular formula is C15H21N5OS. The van der Waals surface area contributed by atoms with E-state index in [1.165, 1.54) is 44.0 Å². The molecule has 1 unspecified atom stereocenters. The number of aromatic nitrogens is 3. The van der Waals surface area contributed by atoms with E-state index in [0.717, 1.165) is 35.1 Å². The highest BCUT2D eigenvalue weighted by Gasteiger charge is 2.34. The molecule has 2 saturated heterocycles. The topological polar surface area (TPSA) is 61.2 Å². The van der Waals surface area contributed by atoms with Gasteiger partial charge in [-0.2, -0.15) is 5.10 Å². The highest BCUT2D eigenvalue weighted by molar-refractivity contribution is 7.99. The van der Waals surface area contributed by atoms with Crippen molar-refractivity contribution in [2.75, 3.05) is 19.6 Å². The number of hydrogen-bond acceptors (Lipinski definition) is 6. The smallest absolute Gasteiger partial charge is 0.191 e. The fourth-order valence-corrected chi connectivity index (χ4v) is 4.18. The van der Waals surface area contributed by atoms with E-state index in [2.05, 4.69) is 38.0 Å². The molecule has 4 heterocycles. The molecule has 0 radical (unpaired) electrons. The summed E-state index contributed by atoms with van der Waals surface area (Å²) in [5, 5.41) is 8.30. The van der Waals surface area contributed by atoms with Crippen LogP contribution >= 0.6 is 11.8 Å². The fourth-order valence-electron chi connectivity index (χ4n) is 3.51. The molecule has 2 aromatic rings. The molecule has 118 valence electrons. The van der Waals surface area contributed by atoms with E-state index in [-0.39, 0.29) is 0 Å². The van der Waals surface area contributed by atoms with Gasteiger partial charge in [0.2, 0.25) is 0 Å². The summed E-state index contributed by atoms with van der Waals surface area (Å²) < 4.78 is 5.94. The van der Waals surface area contributed by atoms with Gasteiger partial charge in [0.1, 0.15) is 12.1 Å². The predicted molar refractivity (Wildman–Crippen MR) is 83.7 cm³/mol. The molecule has 2 aromatic heterocycles. The van der Waals surface area contributed by atoms with Gasteiger partial charge in [-0.15, -0.1) is 0 Å². The lowest BCUT2D eigenvalue weighted by Crippen LogP contribution is -2.54. The molecule has 0 aromatic carbocycles. The molecular weight excluding hydrogens is 298 g/mol. The van der Waals surface area contributed by atoms with Gasteiger partial charge in [-0.1, -0.05) is 0 Å². The Kier molecular flexibility index (Phi) is 3.94. The molecule has 0 amide bonds. The average molecular weight is 319 g/mol. The standard InChI is InChI=1S/C15H21N5OS/c1-11-7-19-6-2-3-12(19)8-20(11)9-13-4-5-14(21-13)22-15-16-10-17-18-15/h4-5,10-12H,2-3,6-9H2,1H3,(H,16,17,18)/t11-,12?/m1/s1. The number of piperazine rings is 1. The van der Waals surface area contributed by atoms with Gasteiger partial charge < -0.3 is 4.42 Å². The van der Waals surface area contributed by atoms with Gasteiger partial charge in [0.15, 0.2) is 10.2 Å². The van der Waals surface area contributed by atoms with Crippen molar-refractivity contribution < 1.29 is 4.42 Å². The van der Waals surface area contributed by atoms with Crippen LogP contribution in [0.2, 0.25) is 0 Å². The number of rotatable bonds is 4. The van der Waals surface area contributed by atoms with E-state index in [1.54, 1.807) is 0 Å². The van der Waals surface area contributed by atoms with Gasteiger partial charge >= 0.3 is 0 Å². The fraction of sp³-hybridized carbons (Fsp3) is 0.600. The Balaban J connectivity index is 1.39. The third-order valence-electron chi connectivity index (χ3n) is 4.65. The van der Waals surface area contributed by atoms with Crippen LogP contribution in [0.4, 0.5) is 0 Å². The third kappa shape index (κ3) is 2.93. The Hall–Kier alpha value is -1.31. The summed E-state index contributed by atoms with van der Waals surface area (Å²) in [6.45, 7) is 6.84.